The predicted octanol–water partition coefficient (Wildman–Crippen LogP) is 0.422. The summed E-state index contributed by atoms with van der Waals surface area (Å²) < 4.78 is 5.18. The van der Waals surface area contributed by atoms with E-state index in [0.717, 1.165) is 0 Å². The number of carbonyl (C=O) groups excluding carboxylic acids is 1. The Morgan fingerprint density at radius 3 is 2.16 bits per heavy atom. The quantitative estimate of drug-likeness (QED) is 0.690. The Bertz CT molecular complexity index is 349. The molecule has 1 heterocycles. The molecule has 7 heteroatoms. The fourth-order valence-corrected chi connectivity index (χ4v) is 1.55. The van der Waals surface area contributed by atoms with Gasteiger partial charge in [0.25, 0.3) is 0 Å². The predicted molar refractivity (Wildman–Crippen MR) is 69.6 cm³/mol. The zero-order chi connectivity index (χ0) is 14.7. The van der Waals surface area contributed by atoms with Crippen molar-refractivity contribution in [2.24, 2.45) is 5.41 Å². The van der Waals surface area contributed by atoms with Crippen molar-refractivity contribution in [1.29, 1.82) is 0 Å². The highest BCUT2D eigenvalue weighted by Gasteiger charge is 2.44. The molecule has 0 unspecified atom stereocenters. The highest BCUT2D eigenvalue weighted by molar-refractivity contribution is 5.79. The molecule has 1 rings (SSSR count). The number of aliphatic carboxylic acids is 1. The average Bonchev–Trinajstić information content (AvgIpc) is 2.28. The van der Waals surface area contributed by atoms with Gasteiger partial charge in [0.15, 0.2) is 0 Å². The summed E-state index contributed by atoms with van der Waals surface area (Å²) in [4.78, 5) is 23.1. The third kappa shape index (κ3) is 3.81. The molecule has 0 spiro atoms. The first kappa shape index (κ1) is 15.7. The van der Waals surface area contributed by atoms with E-state index >= 15 is 0 Å². The number of hydrogen-bond acceptors (Lipinski definition) is 4. The van der Waals surface area contributed by atoms with Crippen molar-refractivity contribution in [3.05, 3.63) is 0 Å². The number of rotatable bonds is 4. The standard InChI is InChI=1S/C12H23N3O4/c1-11(2,9(16)17)12(3,4)13-10(18)14-15-5-7-19-8-6-15/h5-8H2,1-4H3,(H,16,17)(H2,13,14,18). The fourth-order valence-electron chi connectivity index (χ4n) is 1.55. The molecule has 0 aromatic heterocycles. The molecule has 1 aliphatic heterocycles. The molecule has 2 amide bonds. The Balaban J connectivity index is 2.57. The maximum absolute atomic E-state index is 11.9. The number of urea groups is 1. The van der Waals surface area contributed by atoms with Gasteiger partial charge in [-0.1, -0.05) is 0 Å². The summed E-state index contributed by atoms with van der Waals surface area (Å²) in [6.45, 7) is 8.95. The monoisotopic (exact) mass is 273 g/mol. The maximum atomic E-state index is 11.9. The van der Waals surface area contributed by atoms with Crippen LogP contribution >= 0.6 is 0 Å². The van der Waals surface area contributed by atoms with Crippen LogP contribution in [-0.4, -0.2) is 54.0 Å². The van der Waals surface area contributed by atoms with E-state index in [9.17, 15) is 14.7 Å². The molecule has 3 N–H and O–H groups in total. The van der Waals surface area contributed by atoms with Gasteiger partial charge in [-0.3, -0.25) is 10.2 Å². The lowest BCUT2D eigenvalue weighted by Crippen LogP contribution is -2.61. The number of ether oxygens (including phenoxy) is 1. The van der Waals surface area contributed by atoms with Crippen LogP contribution in [0, 0.1) is 5.41 Å². The lowest BCUT2D eigenvalue weighted by molar-refractivity contribution is -0.150. The SMILES string of the molecule is CC(C)(NC(=O)NN1CCOCC1)C(C)(C)C(=O)O. The van der Waals surface area contributed by atoms with Gasteiger partial charge in [0, 0.05) is 13.1 Å². The molecule has 1 fully saturated rings. The molecule has 0 aromatic rings. The van der Waals surface area contributed by atoms with Gasteiger partial charge in [-0.15, -0.1) is 0 Å². The van der Waals surface area contributed by atoms with E-state index in [4.69, 9.17) is 4.74 Å². The minimum atomic E-state index is -1.07. The molecule has 0 atom stereocenters. The highest BCUT2D eigenvalue weighted by Crippen LogP contribution is 2.30. The van der Waals surface area contributed by atoms with Crippen molar-refractivity contribution in [2.75, 3.05) is 26.3 Å². The molecule has 19 heavy (non-hydrogen) atoms. The van der Waals surface area contributed by atoms with Crippen molar-refractivity contribution < 1.29 is 19.4 Å². The highest BCUT2D eigenvalue weighted by atomic mass is 16.5. The zero-order valence-electron chi connectivity index (χ0n) is 11.9. The Morgan fingerprint density at radius 1 is 1.16 bits per heavy atom. The molecule has 0 saturated carbocycles. The number of amides is 2. The summed E-state index contributed by atoms with van der Waals surface area (Å²) in [5, 5.41) is 13.7. The number of nitrogens with one attached hydrogen (secondary N) is 2. The lowest BCUT2D eigenvalue weighted by atomic mass is 9.74. The first-order valence-electron chi connectivity index (χ1n) is 6.32. The second-order valence-electron chi connectivity index (χ2n) is 5.72. The molecule has 0 aromatic carbocycles. The van der Waals surface area contributed by atoms with Crippen LogP contribution in [0.1, 0.15) is 27.7 Å². The summed E-state index contributed by atoms with van der Waals surface area (Å²) >= 11 is 0. The van der Waals surface area contributed by atoms with Gasteiger partial charge >= 0.3 is 12.0 Å². The van der Waals surface area contributed by atoms with Crippen LogP contribution in [-0.2, 0) is 9.53 Å². The Hall–Kier alpha value is -1.34. The number of carboxylic acids is 1. The van der Waals surface area contributed by atoms with Gasteiger partial charge in [-0.25, -0.2) is 9.80 Å². The van der Waals surface area contributed by atoms with E-state index in [1.165, 1.54) is 0 Å². The molecular formula is C12H23N3O4. The molecular weight excluding hydrogens is 250 g/mol. The Labute approximate surface area is 113 Å². The normalized spacial score (nSPS) is 17.9. The summed E-state index contributed by atoms with van der Waals surface area (Å²) in [6.07, 6.45) is 0. The molecule has 110 valence electrons. The van der Waals surface area contributed by atoms with Crippen molar-refractivity contribution in [2.45, 2.75) is 33.2 Å². The third-order valence-electron chi connectivity index (χ3n) is 3.79. The second-order valence-corrected chi connectivity index (χ2v) is 5.72. The Morgan fingerprint density at radius 2 is 1.68 bits per heavy atom. The number of carbonyl (C=O) groups is 2. The van der Waals surface area contributed by atoms with Crippen LogP contribution in [0.4, 0.5) is 4.79 Å². The van der Waals surface area contributed by atoms with Gasteiger partial charge in [0.1, 0.15) is 0 Å². The first-order chi connectivity index (χ1) is 8.67. The summed E-state index contributed by atoms with van der Waals surface area (Å²) in [5.74, 6) is -0.954. The van der Waals surface area contributed by atoms with E-state index in [1.807, 2.05) is 0 Å². The van der Waals surface area contributed by atoms with E-state index in [2.05, 4.69) is 10.7 Å². The van der Waals surface area contributed by atoms with Crippen LogP contribution in [0.5, 0.6) is 0 Å². The Kier molecular flexibility index (Phi) is 4.75. The molecule has 1 saturated heterocycles. The van der Waals surface area contributed by atoms with Gasteiger partial charge in [-0.05, 0) is 27.7 Å². The van der Waals surface area contributed by atoms with Crippen molar-refractivity contribution >= 4 is 12.0 Å². The van der Waals surface area contributed by atoms with Crippen LogP contribution in [0.25, 0.3) is 0 Å². The van der Waals surface area contributed by atoms with Crippen molar-refractivity contribution in [3.63, 3.8) is 0 Å². The lowest BCUT2D eigenvalue weighted by Gasteiger charge is -2.39. The third-order valence-corrected chi connectivity index (χ3v) is 3.79. The van der Waals surface area contributed by atoms with Crippen LogP contribution in [0.15, 0.2) is 0 Å². The summed E-state index contributed by atoms with van der Waals surface area (Å²) in [5.41, 5.74) is 0.743. The van der Waals surface area contributed by atoms with E-state index in [-0.39, 0.29) is 0 Å². The van der Waals surface area contributed by atoms with Crippen LogP contribution in [0.3, 0.4) is 0 Å². The van der Waals surface area contributed by atoms with Gasteiger partial charge in [0.05, 0.1) is 24.2 Å². The number of nitrogens with zero attached hydrogens (tertiary/aromatic N) is 1. The van der Waals surface area contributed by atoms with Crippen LogP contribution < -0.4 is 10.7 Å². The zero-order valence-corrected chi connectivity index (χ0v) is 11.9. The molecule has 0 bridgehead atoms. The largest absolute Gasteiger partial charge is 0.481 e. The summed E-state index contributed by atoms with van der Waals surface area (Å²) in [6, 6.07) is -0.402. The van der Waals surface area contributed by atoms with Gasteiger partial charge in [-0.2, -0.15) is 0 Å². The molecule has 0 aliphatic carbocycles. The minimum Gasteiger partial charge on any atom is -0.481 e. The number of hydrazine groups is 1. The van der Waals surface area contributed by atoms with E-state index < -0.39 is 23.0 Å². The number of carboxylic acid groups (broad SMARTS) is 1. The average molecular weight is 273 g/mol. The summed E-state index contributed by atoms with van der Waals surface area (Å²) in [7, 11) is 0. The minimum absolute atomic E-state index is 0.402. The molecule has 0 radical (unpaired) electrons. The van der Waals surface area contributed by atoms with Gasteiger partial charge < -0.3 is 15.2 Å². The molecule has 1 aliphatic rings. The van der Waals surface area contributed by atoms with E-state index in [1.54, 1.807) is 32.7 Å². The first-order valence-corrected chi connectivity index (χ1v) is 6.32. The maximum Gasteiger partial charge on any atom is 0.329 e. The van der Waals surface area contributed by atoms with Crippen molar-refractivity contribution in [1.82, 2.24) is 15.8 Å². The number of hydrogen-bond donors (Lipinski definition) is 3. The molecule has 7 nitrogen and oxygen atoms in total. The number of morpholine rings is 1. The van der Waals surface area contributed by atoms with Gasteiger partial charge in [0.2, 0.25) is 0 Å². The van der Waals surface area contributed by atoms with Crippen molar-refractivity contribution in [3.8, 4) is 0 Å². The fraction of sp³-hybridized carbons (Fsp3) is 0.833. The van der Waals surface area contributed by atoms with E-state index in [0.29, 0.717) is 26.3 Å². The topological polar surface area (TPSA) is 90.9 Å². The second kappa shape index (κ2) is 5.75. The smallest absolute Gasteiger partial charge is 0.329 e. The van der Waals surface area contributed by atoms with Crippen LogP contribution in [0.2, 0.25) is 0 Å².